The first-order valence-electron chi connectivity index (χ1n) is 9.07. The summed E-state index contributed by atoms with van der Waals surface area (Å²) in [5.41, 5.74) is 5.64. The number of hydrogen-bond acceptors (Lipinski definition) is 3. The number of rotatable bonds is 7. The quantitative estimate of drug-likeness (QED) is 0.735. The molecule has 1 aliphatic rings. The van der Waals surface area contributed by atoms with Gasteiger partial charge in [0, 0.05) is 11.6 Å². The van der Waals surface area contributed by atoms with Crippen molar-refractivity contribution in [2.75, 3.05) is 6.54 Å². The van der Waals surface area contributed by atoms with Gasteiger partial charge in [0.2, 0.25) is 11.8 Å². The first kappa shape index (κ1) is 23.3. The van der Waals surface area contributed by atoms with E-state index in [0.29, 0.717) is 0 Å². The van der Waals surface area contributed by atoms with Gasteiger partial charge in [-0.05, 0) is 30.9 Å². The Balaban J connectivity index is 0.00000364. The predicted octanol–water partition coefficient (Wildman–Crippen LogP) is 2.76. The molecule has 5 nitrogen and oxygen atoms in total. The number of nitrogens with zero attached hydrogens (tertiary/aromatic N) is 1. The largest absolute Gasteiger partial charge is 0.346 e. The van der Waals surface area contributed by atoms with E-state index in [1.165, 1.54) is 23.1 Å². The fourth-order valence-corrected chi connectivity index (χ4v) is 3.18. The van der Waals surface area contributed by atoms with Gasteiger partial charge in [-0.15, -0.1) is 12.4 Å². The number of benzene rings is 1. The molecule has 152 valence electrons. The third-order valence-electron chi connectivity index (χ3n) is 4.91. The second kappa shape index (κ2) is 10.6. The van der Waals surface area contributed by atoms with Gasteiger partial charge in [0.15, 0.2) is 0 Å². The monoisotopic (exact) mass is 403 g/mol. The summed E-state index contributed by atoms with van der Waals surface area (Å²) in [4.78, 5) is 26.1. The topological polar surface area (TPSA) is 75.4 Å². The zero-order valence-electron chi connectivity index (χ0n) is 15.7. The summed E-state index contributed by atoms with van der Waals surface area (Å²) in [5, 5.41) is 2.54. The van der Waals surface area contributed by atoms with Crippen LogP contribution in [0.3, 0.4) is 0 Å². The van der Waals surface area contributed by atoms with E-state index in [4.69, 9.17) is 5.73 Å². The molecule has 1 aromatic rings. The maximum atomic E-state index is 14.0. The van der Waals surface area contributed by atoms with E-state index in [1.807, 2.05) is 13.8 Å². The van der Waals surface area contributed by atoms with E-state index in [1.54, 1.807) is 0 Å². The Morgan fingerprint density at radius 2 is 1.78 bits per heavy atom. The lowest BCUT2D eigenvalue weighted by Gasteiger charge is -2.30. The van der Waals surface area contributed by atoms with Gasteiger partial charge in [0.1, 0.15) is 11.6 Å². The fourth-order valence-electron chi connectivity index (χ4n) is 3.18. The van der Waals surface area contributed by atoms with Gasteiger partial charge in [0.25, 0.3) is 0 Å². The summed E-state index contributed by atoms with van der Waals surface area (Å²) < 4.78 is 28.0. The second-order valence-electron chi connectivity index (χ2n) is 7.15. The van der Waals surface area contributed by atoms with Crippen molar-refractivity contribution in [3.8, 4) is 0 Å². The van der Waals surface area contributed by atoms with Crippen LogP contribution in [0.2, 0.25) is 0 Å². The van der Waals surface area contributed by atoms with Crippen LogP contribution in [0.5, 0.6) is 0 Å². The summed E-state index contributed by atoms with van der Waals surface area (Å²) in [6, 6.07) is 2.88. The Morgan fingerprint density at radius 1 is 1.22 bits per heavy atom. The Labute approximate surface area is 165 Å². The third kappa shape index (κ3) is 6.14. The number of carbonyl (C=O) groups excluding carboxylic acids is 2. The van der Waals surface area contributed by atoms with Crippen LogP contribution in [-0.4, -0.2) is 35.3 Å². The lowest BCUT2D eigenvalue weighted by Crippen LogP contribution is -2.49. The number of hydrogen-bond donors (Lipinski definition) is 2. The van der Waals surface area contributed by atoms with Crippen LogP contribution < -0.4 is 11.1 Å². The molecule has 0 saturated heterocycles. The minimum absolute atomic E-state index is 0. The summed E-state index contributed by atoms with van der Waals surface area (Å²) in [5.74, 6) is -2.16. The van der Waals surface area contributed by atoms with E-state index in [0.717, 1.165) is 25.7 Å². The van der Waals surface area contributed by atoms with Crippen LogP contribution in [0.1, 0.15) is 45.1 Å². The molecule has 1 fully saturated rings. The summed E-state index contributed by atoms with van der Waals surface area (Å²) >= 11 is 0. The van der Waals surface area contributed by atoms with Gasteiger partial charge in [-0.1, -0.05) is 32.8 Å². The molecule has 1 aliphatic carbocycles. The normalized spacial score (nSPS) is 15.3. The van der Waals surface area contributed by atoms with Gasteiger partial charge >= 0.3 is 0 Å². The molecule has 8 heteroatoms. The molecule has 0 bridgehead atoms. The average molecular weight is 404 g/mol. The van der Waals surface area contributed by atoms with Crippen molar-refractivity contribution in [1.82, 2.24) is 10.2 Å². The van der Waals surface area contributed by atoms with Crippen molar-refractivity contribution in [1.29, 1.82) is 0 Å². The highest BCUT2D eigenvalue weighted by molar-refractivity contribution is 5.87. The van der Waals surface area contributed by atoms with Crippen LogP contribution in [-0.2, 0) is 16.1 Å². The molecular weight excluding hydrogens is 376 g/mol. The van der Waals surface area contributed by atoms with Crippen molar-refractivity contribution in [3.63, 3.8) is 0 Å². The first-order chi connectivity index (χ1) is 12.3. The van der Waals surface area contributed by atoms with Gasteiger partial charge in [-0.2, -0.15) is 0 Å². The van der Waals surface area contributed by atoms with Gasteiger partial charge in [-0.25, -0.2) is 8.78 Å². The average Bonchev–Trinajstić information content (AvgIpc) is 3.12. The van der Waals surface area contributed by atoms with Crippen LogP contribution in [0.4, 0.5) is 8.78 Å². The highest BCUT2D eigenvalue weighted by atomic mass is 35.5. The SMILES string of the molecule is CC(C)[C@H](N)C(=O)NCC(=O)N(Cc1c(F)cccc1F)C1CCCC1.Cl. The second-order valence-corrected chi connectivity index (χ2v) is 7.15. The first-order valence-corrected chi connectivity index (χ1v) is 9.07. The molecule has 1 atom stereocenters. The van der Waals surface area contributed by atoms with E-state index < -0.39 is 23.6 Å². The molecule has 1 aromatic carbocycles. The van der Waals surface area contributed by atoms with Crippen LogP contribution >= 0.6 is 12.4 Å². The van der Waals surface area contributed by atoms with E-state index in [2.05, 4.69) is 5.32 Å². The minimum atomic E-state index is -0.702. The molecule has 0 unspecified atom stereocenters. The summed E-state index contributed by atoms with van der Waals surface area (Å²) in [6.07, 6.45) is 3.53. The highest BCUT2D eigenvalue weighted by Crippen LogP contribution is 2.26. The maximum Gasteiger partial charge on any atom is 0.242 e. The third-order valence-corrected chi connectivity index (χ3v) is 4.91. The molecule has 2 rings (SSSR count). The molecule has 2 amide bonds. The molecule has 0 aromatic heterocycles. The van der Waals surface area contributed by atoms with Gasteiger partial charge in [0.05, 0.1) is 19.1 Å². The van der Waals surface area contributed by atoms with Crippen molar-refractivity contribution >= 4 is 24.2 Å². The maximum absolute atomic E-state index is 14.0. The lowest BCUT2D eigenvalue weighted by molar-refractivity contribution is -0.135. The van der Waals surface area contributed by atoms with E-state index in [9.17, 15) is 18.4 Å². The molecule has 0 heterocycles. The van der Waals surface area contributed by atoms with E-state index in [-0.39, 0.29) is 48.9 Å². The number of nitrogens with two attached hydrogens (primary N) is 1. The molecular formula is C19H28ClF2N3O2. The summed E-state index contributed by atoms with van der Waals surface area (Å²) in [6.45, 7) is 3.26. The Bertz CT molecular complexity index is 632. The molecule has 1 saturated carbocycles. The van der Waals surface area contributed by atoms with E-state index >= 15 is 0 Å². The fraction of sp³-hybridized carbons (Fsp3) is 0.579. The Morgan fingerprint density at radius 3 is 2.30 bits per heavy atom. The van der Waals surface area contributed by atoms with Crippen molar-refractivity contribution in [3.05, 3.63) is 35.4 Å². The Kier molecular flexibility index (Phi) is 9.12. The molecule has 27 heavy (non-hydrogen) atoms. The molecule has 0 radical (unpaired) electrons. The standard InChI is InChI=1S/C19H27F2N3O2.ClH/c1-12(2)18(22)19(26)23-10-17(25)24(13-6-3-4-7-13)11-14-15(20)8-5-9-16(14)21;/h5,8-9,12-13,18H,3-4,6-7,10-11,22H2,1-2H3,(H,23,26);1H/t18-;/m0./s1. The van der Waals surface area contributed by atoms with Crippen molar-refractivity contribution < 1.29 is 18.4 Å². The molecule has 3 N–H and O–H groups in total. The predicted molar refractivity (Wildman–Crippen MR) is 102 cm³/mol. The number of nitrogens with one attached hydrogen (secondary N) is 1. The summed E-state index contributed by atoms with van der Waals surface area (Å²) in [7, 11) is 0. The number of amides is 2. The van der Waals surface area contributed by atoms with Crippen LogP contribution in [0.15, 0.2) is 18.2 Å². The van der Waals surface area contributed by atoms with Crippen molar-refractivity contribution in [2.45, 2.75) is 58.2 Å². The molecule has 0 aliphatic heterocycles. The van der Waals surface area contributed by atoms with Crippen molar-refractivity contribution in [2.24, 2.45) is 11.7 Å². The van der Waals surface area contributed by atoms with Gasteiger partial charge < -0.3 is 16.0 Å². The smallest absolute Gasteiger partial charge is 0.242 e. The number of carbonyl (C=O) groups is 2. The minimum Gasteiger partial charge on any atom is -0.346 e. The highest BCUT2D eigenvalue weighted by Gasteiger charge is 2.29. The van der Waals surface area contributed by atoms with Gasteiger partial charge in [-0.3, -0.25) is 9.59 Å². The van der Waals surface area contributed by atoms with Crippen LogP contribution in [0.25, 0.3) is 0 Å². The lowest BCUT2D eigenvalue weighted by atomic mass is 10.1. The van der Waals surface area contributed by atoms with Crippen LogP contribution in [0, 0.1) is 17.6 Å². The number of halogens is 3. The zero-order valence-corrected chi connectivity index (χ0v) is 16.5. The molecule has 0 spiro atoms. The zero-order chi connectivity index (χ0) is 19.3. The Hall–Kier alpha value is -1.73.